The van der Waals surface area contributed by atoms with E-state index in [2.05, 4.69) is 4.90 Å². The maximum absolute atomic E-state index is 12.2. The number of likely N-dealkylation sites (tertiary alicyclic amines) is 1. The first kappa shape index (κ1) is 23.6. The van der Waals surface area contributed by atoms with Crippen molar-refractivity contribution in [1.29, 1.82) is 0 Å². The van der Waals surface area contributed by atoms with Crippen LogP contribution in [0.2, 0.25) is 0 Å². The third kappa shape index (κ3) is 7.66. The molecule has 0 amide bonds. The Kier molecular flexibility index (Phi) is 11.7. The van der Waals surface area contributed by atoms with Crippen molar-refractivity contribution in [2.75, 3.05) is 46.1 Å². The van der Waals surface area contributed by atoms with Crippen LogP contribution in [0.3, 0.4) is 0 Å². The summed E-state index contributed by atoms with van der Waals surface area (Å²) in [6, 6.07) is 0. The molecule has 1 saturated carbocycles. The summed E-state index contributed by atoms with van der Waals surface area (Å²) in [6.45, 7) is 16.5. The summed E-state index contributed by atoms with van der Waals surface area (Å²) in [5.41, 5.74) is 0.528. The zero-order valence-corrected chi connectivity index (χ0v) is 18.0. The van der Waals surface area contributed by atoms with Gasteiger partial charge >= 0.3 is 0 Å². The van der Waals surface area contributed by atoms with E-state index in [0.717, 1.165) is 32.6 Å². The summed E-state index contributed by atoms with van der Waals surface area (Å²) in [5.74, 6) is 1.03. The molecular weight excluding hydrogens is 326 g/mol. The Hall–Kier alpha value is -0.450. The zero-order valence-electron chi connectivity index (χ0n) is 18.0. The van der Waals surface area contributed by atoms with Gasteiger partial charge in [-0.05, 0) is 64.0 Å². The third-order valence-corrected chi connectivity index (χ3v) is 6.06. The molecule has 0 radical (unpaired) electrons. The summed E-state index contributed by atoms with van der Waals surface area (Å²) < 4.78 is 10.9. The number of carbonyl (C=O) groups excluding carboxylic acids is 1. The average Bonchev–Trinajstić information content (AvgIpc) is 2.68. The van der Waals surface area contributed by atoms with Crippen molar-refractivity contribution in [2.24, 2.45) is 17.3 Å². The van der Waals surface area contributed by atoms with E-state index in [1.807, 2.05) is 34.6 Å². The summed E-state index contributed by atoms with van der Waals surface area (Å²) >= 11 is 0. The number of rotatable bonds is 9. The van der Waals surface area contributed by atoms with Crippen LogP contribution in [0.5, 0.6) is 0 Å². The van der Waals surface area contributed by atoms with E-state index in [1.165, 1.54) is 38.8 Å². The first-order chi connectivity index (χ1) is 12.6. The second kappa shape index (κ2) is 12.9. The SMILES string of the molecule is CC.CCOCCOCCN1CCC2(CCC(C(=O)C(C)C)CC2)CC1. The van der Waals surface area contributed by atoms with Gasteiger partial charge in [-0.2, -0.15) is 0 Å². The Balaban J connectivity index is 0.00000163. The summed E-state index contributed by atoms with van der Waals surface area (Å²) in [7, 11) is 0. The molecule has 1 heterocycles. The summed E-state index contributed by atoms with van der Waals surface area (Å²) in [5, 5.41) is 0. The molecule has 1 aliphatic heterocycles. The van der Waals surface area contributed by atoms with Crippen LogP contribution in [-0.4, -0.2) is 56.7 Å². The normalized spacial score (nSPS) is 20.8. The summed E-state index contributed by atoms with van der Waals surface area (Å²) in [4.78, 5) is 14.7. The van der Waals surface area contributed by atoms with Gasteiger partial charge < -0.3 is 14.4 Å². The van der Waals surface area contributed by atoms with Crippen molar-refractivity contribution in [3.05, 3.63) is 0 Å². The molecule has 2 aliphatic rings. The number of ketones is 1. The number of nitrogens with zero attached hydrogens (tertiary/aromatic N) is 1. The number of Topliss-reactive ketones (excluding diaryl/α,β-unsaturated/α-hetero) is 1. The number of ether oxygens (including phenoxy) is 2. The number of hydrogen-bond acceptors (Lipinski definition) is 4. The molecule has 0 aromatic heterocycles. The highest BCUT2D eigenvalue weighted by atomic mass is 16.5. The van der Waals surface area contributed by atoms with Gasteiger partial charge in [0.05, 0.1) is 19.8 Å². The first-order valence-electron chi connectivity index (χ1n) is 11.0. The van der Waals surface area contributed by atoms with Crippen LogP contribution in [0.1, 0.15) is 73.1 Å². The molecule has 0 aromatic rings. The van der Waals surface area contributed by atoms with Crippen molar-refractivity contribution < 1.29 is 14.3 Å². The quantitative estimate of drug-likeness (QED) is 0.558. The van der Waals surface area contributed by atoms with E-state index in [-0.39, 0.29) is 5.92 Å². The van der Waals surface area contributed by atoms with E-state index in [1.54, 1.807) is 0 Å². The Morgan fingerprint density at radius 2 is 1.58 bits per heavy atom. The molecule has 0 atom stereocenters. The predicted molar refractivity (Wildman–Crippen MR) is 109 cm³/mol. The van der Waals surface area contributed by atoms with Crippen molar-refractivity contribution in [1.82, 2.24) is 4.90 Å². The molecule has 1 spiro atoms. The fraction of sp³-hybridized carbons (Fsp3) is 0.955. The largest absolute Gasteiger partial charge is 0.379 e. The molecule has 0 N–H and O–H groups in total. The van der Waals surface area contributed by atoms with E-state index < -0.39 is 0 Å². The van der Waals surface area contributed by atoms with Gasteiger partial charge in [-0.1, -0.05) is 27.7 Å². The highest BCUT2D eigenvalue weighted by molar-refractivity contribution is 5.82. The molecule has 0 bridgehead atoms. The highest BCUT2D eigenvalue weighted by Crippen LogP contribution is 2.46. The molecule has 26 heavy (non-hydrogen) atoms. The van der Waals surface area contributed by atoms with Crippen LogP contribution in [0.25, 0.3) is 0 Å². The number of carbonyl (C=O) groups is 1. The van der Waals surface area contributed by atoms with Gasteiger partial charge in [-0.15, -0.1) is 0 Å². The Morgan fingerprint density at radius 3 is 2.12 bits per heavy atom. The van der Waals surface area contributed by atoms with E-state index >= 15 is 0 Å². The minimum atomic E-state index is 0.202. The number of hydrogen-bond donors (Lipinski definition) is 0. The topological polar surface area (TPSA) is 38.8 Å². The molecule has 2 rings (SSSR count). The van der Waals surface area contributed by atoms with Crippen LogP contribution < -0.4 is 0 Å². The minimum absolute atomic E-state index is 0.202. The Bertz CT molecular complexity index is 366. The lowest BCUT2D eigenvalue weighted by atomic mass is 9.64. The van der Waals surface area contributed by atoms with Crippen molar-refractivity contribution in [3.63, 3.8) is 0 Å². The van der Waals surface area contributed by atoms with E-state index in [0.29, 0.717) is 30.3 Å². The Morgan fingerprint density at radius 1 is 1.00 bits per heavy atom. The van der Waals surface area contributed by atoms with Crippen LogP contribution in [0, 0.1) is 17.3 Å². The van der Waals surface area contributed by atoms with Crippen LogP contribution >= 0.6 is 0 Å². The fourth-order valence-corrected chi connectivity index (χ4v) is 4.29. The monoisotopic (exact) mass is 369 g/mol. The second-order valence-corrected chi connectivity index (χ2v) is 7.98. The smallest absolute Gasteiger partial charge is 0.138 e. The maximum atomic E-state index is 12.2. The number of piperidine rings is 1. The predicted octanol–water partition coefficient (Wildman–Crippen LogP) is 4.56. The highest BCUT2D eigenvalue weighted by Gasteiger charge is 2.39. The lowest BCUT2D eigenvalue weighted by molar-refractivity contribution is -0.128. The average molecular weight is 370 g/mol. The standard InChI is InChI=1S/C20H37NO3.C2H6/c1-4-23-15-16-24-14-13-21-11-9-20(10-12-21)7-5-18(6-8-20)19(22)17(2)3;1-2/h17-18H,4-16H2,1-3H3;1-2H3. The maximum Gasteiger partial charge on any atom is 0.138 e. The molecule has 2 fully saturated rings. The molecule has 1 saturated heterocycles. The minimum Gasteiger partial charge on any atom is -0.379 e. The van der Waals surface area contributed by atoms with Gasteiger partial charge in [-0.25, -0.2) is 0 Å². The summed E-state index contributed by atoms with van der Waals surface area (Å²) in [6.07, 6.45) is 7.36. The van der Waals surface area contributed by atoms with Gasteiger partial charge in [0, 0.05) is 25.0 Å². The fourth-order valence-electron chi connectivity index (χ4n) is 4.29. The Labute approximate surface area is 162 Å². The van der Waals surface area contributed by atoms with E-state index in [4.69, 9.17) is 9.47 Å². The van der Waals surface area contributed by atoms with Crippen molar-refractivity contribution in [2.45, 2.75) is 73.1 Å². The van der Waals surface area contributed by atoms with Crippen molar-refractivity contribution in [3.8, 4) is 0 Å². The van der Waals surface area contributed by atoms with Gasteiger partial charge in [0.15, 0.2) is 0 Å². The zero-order chi connectivity index (χ0) is 19.4. The van der Waals surface area contributed by atoms with E-state index in [9.17, 15) is 4.79 Å². The van der Waals surface area contributed by atoms with Crippen LogP contribution in [-0.2, 0) is 14.3 Å². The lowest BCUT2D eigenvalue weighted by Crippen LogP contribution is -2.43. The second-order valence-electron chi connectivity index (χ2n) is 7.98. The van der Waals surface area contributed by atoms with Gasteiger partial charge in [0.1, 0.15) is 5.78 Å². The van der Waals surface area contributed by atoms with Gasteiger partial charge in [0.25, 0.3) is 0 Å². The molecule has 0 unspecified atom stereocenters. The van der Waals surface area contributed by atoms with Gasteiger partial charge in [-0.3, -0.25) is 4.79 Å². The molecule has 4 heteroatoms. The molecule has 1 aliphatic carbocycles. The molecular formula is C22H43NO3. The molecule has 0 aromatic carbocycles. The third-order valence-electron chi connectivity index (χ3n) is 6.06. The van der Waals surface area contributed by atoms with Crippen LogP contribution in [0.4, 0.5) is 0 Å². The van der Waals surface area contributed by atoms with Crippen LogP contribution in [0.15, 0.2) is 0 Å². The molecule has 4 nitrogen and oxygen atoms in total. The first-order valence-corrected chi connectivity index (χ1v) is 11.0. The lowest BCUT2D eigenvalue weighted by Gasteiger charge is -2.46. The van der Waals surface area contributed by atoms with Crippen molar-refractivity contribution >= 4 is 5.78 Å². The van der Waals surface area contributed by atoms with Gasteiger partial charge in [0.2, 0.25) is 0 Å². The molecule has 154 valence electrons.